The smallest absolute Gasteiger partial charge is 0.260 e. The highest BCUT2D eigenvalue weighted by molar-refractivity contribution is 6.33. The molecular formula is C24H24ClN7O. The molecule has 1 fully saturated rings. The van der Waals surface area contributed by atoms with Gasteiger partial charge in [-0.2, -0.15) is 4.98 Å². The Hall–Kier alpha value is -3.36. The molecular weight excluding hydrogens is 438 g/mol. The Morgan fingerprint density at radius 2 is 1.82 bits per heavy atom. The van der Waals surface area contributed by atoms with Crippen LogP contribution in [0.4, 0.5) is 5.95 Å². The van der Waals surface area contributed by atoms with Crippen LogP contribution in [0.1, 0.15) is 37.4 Å². The summed E-state index contributed by atoms with van der Waals surface area (Å²) in [5.74, 6) is 0.137. The van der Waals surface area contributed by atoms with Crippen molar-refractivity contribution in [3.63, 3.8) is 0 Å². The van der Waals surface area contributed by atoms with E-state index < -0.39 is 0 Å². The molecule has 3 aromatic heterocycles. The fourth-order valence-electron chi connectivity index (χ4n) is 4.52. The first-order valence-electron chi connectivity index (χ1n) is 10.9. The predicted molar refractivity (Wildman–Crippen MR) is 130 cm³/mol. The van der Waals surface area contributed by atoms with E-state index in [1.807, 2.05) is 25.1 Å². The van der Waals surface area contributed by atoms with Crippen LogP contribution in [0.25, 0.3) is 33.4 Å². The number of hydrogen-bond donors (Lipinski definition) is 2. The molecule has 1 aromatic carbocycles. The summed E-state index contributed by atoms with van der Waals surface area (Å²) in [6, 6.07) is 7.51. The first-order chi connectivity index (χ1) is 15.9. The quantitative estimate of drug-likeness (QED) is 0.473. The Bertz CT molecular complexity index is 1410. The summed E-state index contributed by atoms with van der Waals surface area (Å²) in [7, 11) is 0. The van der Waals surface area contributed by atoms with Crippen LogP contribution >= 0.6 is 11.6 Å². The van der Waals surface area contributed by atoms with E-state index in [2.05, 4.69) is 19.9 Å². The fourth-order valence-corrected chi connectivity index (χ4v) is 4.80. The molecule has 0 radical (unpaired) electrons. The summed E-state index contributed by atoms with van der Waals surface area (Å²) >= 11 is 6.70. The van der Waals surface area contributed by atoms with Crippen LogP contribution in [0.2, 0.25) is 5.02 Å². The number of nitrogens with two attached hydrogens (primary N) is 2. The SMILES string of the molecule is Cc1cncc(-c2ccc(-c3cc4cnc(N)nc4n([C@H]4CC[C@@H](N)CC4)c3=O)c(Cl)c2)n1. The van der Waals surface area contributed by atoms with E-state index in [0.717, 1.165) is 48.0 Å². The van der Waals surface area contributed by atoms with Crippen LogP contribution < -0.4 is 17.0 Å². The number of nitrogen functional groups attached to an aromatic ring is 1. The topological polar surface area (TPSA) is 126 Å². The number of nitrogens with zero attached hydrogens (tertiary/aromatic N) is 5. The lowest BCUT2D eigenvalue weighted by Gasteiger charge is -2.29. The molecule has 168 valence electrons. The van der Waals surface area contributed by atoms with Crippen molar-refractivity contribution in [3.8, 4) is 22.4 Å². The summed E-state index contributed by atoms with van der Waals surface area (Å²) in [5, 5.41) is 1.19. The van der Waals surface area contributed by atoms with E-state index in [1.54, 1.807) is 29.2 Å². The maximum Gasteiger partial charge on any atom is 0.260 e. The number of rotatable bonds is 3. The van der Waals surface area contributed by atoms with E-state index in [9.17, 15) is 4.79 Å². The molecule has 8 nitrogen and oxygen atoms in total. The monoisotopic (exact) mass is 461 g/mol. The zero-order valence-electron chi connectivity index (χ0n) is 18.2. The van der Waals surface area contributed by atoms with Crippen molar-refractivity contribution in [2.45, 2.75) is 44.7 Å². The second-order valence-corrected chi connectivity index (χ2v) is 8.96. The minimum Gasteiger partial charge on any atom is -0.368 e. The van der Waals surface area contributed by atoms with Crippen LogP contribution in [0.5, 0.6) is 0 Å². The highest BCUT2D eigenvalue weighted by Crippen LogP contribution is 2.34. The van der Waals surface area contributed by atoms with Crippen molar-refractivity contribution < 1.29 is 0 Å². The summed E-state index contributed by atoms with van der Waals surface area (Å²) in [6.07, 6.45) is 8.37. The molecule has 0 amide bonds. The van der Waals surface area contributed by atoms with Gasteiger partial charge in [0.2, 0.25) is 5.95 Å². The number of hydrogen-bond acceptors (Lipinski definition) is 7. The number of benzene rings is 1. The minimum atomic E-state index is -0.147. The maximum absolute atomic E-state index is 13.8. The van der Waals surface area contributed by atoms with Crippen molar-refractivity contribution in [3.05, 3.63) is 63.9 Å². The lowest BCUT2D eigenvalue weighted by atomic mass is 9.91. The molecule has 4 N–H and O–H groups in total. The first kappa shape index (κ1) is 21.5. The molecule has 0 unspecified atom stereocenters. The molecule has 0 saturated heterocycles. The molecule has 1 aliphatic carbocycles. The molecule has 1 aliphatic rings. The largest absolute Gasteiger partial charge is 0.368 e. The fraction of sp³-hybridized carbons (Fsp3) is 0.292. The lowest BCUT2D eigenvalue weighted by molar-refractivity contribution is 0.324. The molecule has 0 aliphatic heterocycles. The van der Waals surface area contributed by atoms with Gasteiger partial charge in [0.1, 0.15) is 5.65 Å². The molecule has 4 aromatic rings. The van der Waals surface area contributed by atoms with Gasteiger partial charge in [-0.15, -0.1) is 0 Å². The molecule has 9 heteroatoms. The van der Waals surface area contributed by atoms with Crippen molar-refractivity contribution in [2.24, 2.45) is 5.73 Å². The molecule has 1 saturated carbocycles. The second kappa shape index (κ2) is 8.53. The van der Waals surface area contributed by atoms with Gasteiger partial charge in [-0.1, -0.05) is 23.7 Å². The summed E-state index contributed by atoms with van der Waals surface area (Å²) < 4.78 is 1.75. The first-order valence-corrected chi connectivity index (χ1v) is 11.3. The molecule has 3 heterocycles. The summed E-state index contributed by atoms with van der Waals surface area (Å²) in [5.41, 5.74) is 15.9. The normalized spacial score (nSPS) is 18.5. The Morgan fingerprint density at radius 1 is 1.03 bits per heavy atom. The molecule has 33 heavy (non-hydrogen) atoms. The number of halogens is 1. The third kappa shape index (κ3) is 4.07. The van der Waals surface area contributed by atoms with E-state index in [-0.39, 0.29) is 23.6 Å². The van der Waals surface area contributed by atoms with Gasteiger partial charge < -0.3 is 11.5 Å². The Morgan fingerprint density at radius 3 is 2.55 bits per heavy atom. The van der Waals surface area contributed by atoms with Gasteiger partial charge >= 0.3 is 0 Å². The Kier molecular flexibility index (Phi) is 5.55. The third-order valence-electron chi connectivity index (χ3n) is 6.21. The van der Waals surface area contributed by atoms with Gasteiger partial charge in [0, 0.05) is 51.6 Å². The number of pyridine rings is 1. The summed E-state index contributed by atoms with van der Waals surface area (Å²) in [4.78, 5) is 31.0. The van der Waals surface area contributed by atoms with Crippen LogP contribution in [0.15, 0.2) is 47.7 Å². The Labute approximate surface area is 195 Å². The van der Waals surface area contributed by atoms with Gasteiger partial charge in [-0.3, -0.25) is 14.3 Å². The Balaban J connectivity index is 1.66. The third-order valence-corrected chi connectivity index (χ3v) is 6.52. The lowest BCUT2D eigenvalue weighted by Crippen LogP contribution is -2.33. The molecule has 0 spiro atoms. The number of aromatic nitrogens is 5. The van der Waals surface area contributed by atoms with E-state index in [0.29, 0.717) is 21.8 Å². The highest BCUT2D eigenvalue weighted by atomic mass is 35.5. The number of anilines is 1. The summed E-state index contributed by atoms with van der Waals surface area (Å²) in [6.45, 7) is 1.89. The zero-order valence-corrected chi connectivity index (χ0v) is 19.0. The van der Waals surface area contributed by atoms with Gasteiger partial charge in [-0.25, -0.2) is 9.97 Å². The molecule has 0 bridgehead atoms. The highest BCUT2D eigenvalue weighted by Gasteiger charge is 2.25. The zero-order chi connectivity index (χ0) is 23.1. The van der Waals surface area contributed by atoms with Gasteiger partial charge in [0.15, 0.2) is 0 Å². The van der Waals surface area contributed by atoms with E-state index in [1.165, 1.54) is 0 Å². The van der Waals surface area contributed by atoms with Gasteiger partial charge in [0.25, 0.3) is 5.56 Å². The van der Waals surface area contributed by atoms with E-state index in [4.69, 9.17) is 23.1 Å². The van der Waals surface area contributed by atoms with E-state index >= 15 is 0 Å². The number of fused-ring (bicyclic) bond motifs is 1. The molecule has 0 atom stereocenters. The predicted octanol–water partition coefficient (Wildman–Crippen LogP) is 3.90. The molecule has 5 rings (SSSR count). The van der Waals surface area contributed by atoms with Crippen LogP contribution in [0.3, 0.4) is 0 Å². The van der Waals surface area contributed by atoms with Crippen LogP contribution in [-0.2, 0) is 0 Å². The van der Waals surface area contributed by atoms with Gasteiger partial charge in [0.05, 0.1) is 17.6 Å². The van der Waals surface area contributed by atoms with Gasteiger partial charge in [-0.05, 0) is 44.7 Å². The maximum atomic E-state index is 13.8. The standard InChI is InChI=1S/C24H24ClN7O/c1-13-10-28-12-21(30-13)14-2-7-18(20(25)9-14)19-8-15-11-29-24(27)31-22(15)32(23(19)33)17-5-3-16(26)4-6-17/h2,7-12,16-17H,3-6,26H2,1H3,(H2,27,29,31)/t16-,17+. The second-order valence-electron chi connectivity index (χ2n) is 8.55. The minimum absolute atomic E-state index is 0.00494. The average molecular weight is 462 g/mol. The van der Waals surface area contributed by atoms with Crippen molar-refractivity contribution in [1.29, 1.82) is 0 Å². The number of aryl methyl sites for hydroxylation is 1. The van der Waals surface area contributed by atoms with Crippen LogP contribution in [-0.4, -0.2) is 30.5 Å². The van der Waals surface area contributed by atoms with Crippen LogP contribution in [0, 0.1) is 6.92 Å². The van der Waals surface area contributed by atoms with Crippen molar-refractivity contribution >= 4 is 28.6 Å². The van der Waals surface area contributed by atoms with Crippen molar-refractivity contribution in [2.75, 3.05) is 5.73 Å². The average Bonchev–Trinajstić information content (AvgIpc) is 2.80. The van der Waals surface area contributed by atoms with Crippen molar-refractivity contribution in [1.82, 2.24) is 24.5 Å².